The van der Waals surface area contributed by atoms with Gasteiger partial charge in [0.25, 0.3) is 0 Å². The molecule has 0 aliphatic rings. The third kappa shape index (κ3) is 8.88. The van der Waals surface area contributed by atoms with Gasteiger partial charge in [0, 0.05) is 26.2 Å². The van der Waals surface area contributed by atoms with Gasteiger partial charge in [-0.1, -0.05) is 0 Å². The Labute approximate surface area is 101 Å². The third-order valence-corrected chi connectivity index (χ3v) is 0. The fourth-order valence-electron chi connectivity index (χ4n) is 0. The van der Waals surface area contributed by atoms with Crippen molar-refractivity contribution in [3.63, 3.8) is 0 Å². The minimum Gasteiger partial charge on any atom is -1.00 e. The molecule has 0 nitrogen and oxygen atoms in total. The van der Waals surface area contributed by atoms with Gasteiger partial charge in [-0.3, -0.25) is 4.70 Å². The summed E-state index contributed by atoms with van der Waals surface area (Å²) in [7, 11) is 0. The van der Waals surface area contributed by atoms with Crippen LogP contribution >= 0.6 is 0 Å². The Hall–Kier alpha value is 2.98. The molecule has 0 bridgehead atoms. The molecule has 0 N–H and O–H groups in total. The van der Waals surface area contributed by atoms with Gasteiger partial charge in [0.2, 0.25) is 0 Å². The monoisotopic (exact) mass is 258 g/mol. The van der Waals surface area contributed by atoms with Crippen molar-refractivity contribution in [1.82, 2.24) is 0 Å². The van der Waals surface area contributed by atoms with E-state index in [1.807, 2.05) is 0 Å². The van der Waals surface area contributed by atoms with Gasteiger partial charge in [0.1, 0.15) is 0 Å². The van der Waals surface area contributed by atoms with Crippen LogP contribution in [0.4, 0.5) is 4.70 Å². The van der Waals surface area contributed by atoms with Crippen molar-refractivity contribution in [1.29, 1.82) is 0 Å². The Balaban J connectivity index is 0. The van der Waals surface area contributed by atoms with E-state index in [1.54, 1.807) is 0 Å². The van der Waals surface area contributed by atoms with Crippen molar-refractivity contribution in [2.45, 2.75) is 0 Å². The first kappa shape index (κ1) is 28.1. The van der Waals surface area contributed by atoms with E-state index in [0.717, 1.165) is 0 Å². The van der Waals surface area contributed by atoms with E-state index in [0.29, 0.717) is 0 Å². The molecule has 0 saturated carbocycles. The van der Waals surface area contributed by atoms with Crippen LogP contribution in [0.15, 0.2) is 0 Å². The zero-order chi connectivity index (χ0) is 0. The molecule has 0 amide bonds. The summed E-state index contributed by atoms with van der Waals surface area (Å²) in [5.74, 6) is 0. The van der Waals surface area contributed by atoms with Crippen LogP contribution in [0.3, 0.4) is 0 Å². The number of hydrogen-bond donors (Lipinski definition) is 0. The van der Waals surface area contributed by atoms with Crippen LogP contribution in [0.2, 0.25) is 0 Å². The van der Waals surface area contributed by atoms with Gasteiger partial charge in [-0.05, 0) is 0 Å². The van der Waals surface area contributed by atoms with E-state index in [9.17, 15) is 0 Å². The molecule has 0 aliphatic heterocycles. The van der Waals surface area contributed by atoms with E-state index >= 15 is 0 Å². The Morgan fingerprint density at radius 2 is 1.25 bits per heavy atom. The zero-order valence-corrected chi connectivity index (χ0v) is 9.51. The van der Waals surface area contributed by atoms with Gasteiger partial charge >= 0.3 is 67.7 Å². The first-order valence-corrected chi connectivity index (χ1v) is 0. The van der Waals surface area contributed by atoms with Crippen molar-refractivity contribution in [2.24, 2.45) is 0 Å². The molecule has 0 saturated heterocycles. The average molecular weight is 259 g/mol. The summed E-state index contributed by atoms with van der Waals surface area (Å²) in [6.45, 7) is 0. The molecule has 0 spiro atoms. The minimum atomic E-state index is 0. The summed E-state index contributed by atoms with van der Waals surface area (Å²) < 4.78 is 0. The number of hydrogen-bond acceptors (Lipinski definition) is 0. The van der Waals surface area contributed by atoms with Crippen LogP contribution in [0.25, 0.3) is 0 Å². The topological polar surface area (TPSA) is 0 Å². The zero-order valence-electron chi connectivity index (χ0n) is 5.62. The summed E-state index contributed by atoms with van der Waals surface area (Å²) in [6, 6.07) is 0. The van der Waals surface area contributed by atoms with Gasteiger partial charge in [-0.2, -0.15) is 0 Å². The molecule has 0 aromatic heterocycles. The third-order valence-electron chi connectivity index (χ3n) is 0. The molecule has 0 aromatic carbocycles. The first-order chi connectivity index (χ1) is 0. The summed E-state index contributed by atoms with van der Waals surface area (Å²) in [5, 5.41) is 0. The number of rotatable bonds is 0. The maximum Gasteiger partial charge on any atom is 2.00 e. The van der Waals surface area contributed by atoms with E-state index in [-0.39, 0.29) is 103 Å². The average Bonchev–Trinajstić information content (AvgIpc) is 0. The second-order valence-electron chi connectivity index (χ2n) is 0. The van der Waals surface area contributed by atoms with Crippen LogP contribution in [0, 0.1) is 0 Å². The SMILES string of the molecule is F.[Ba+2].[H-].[H-].[H-].[Li+].[Zr]. The van der Waals surface area contributed by atoms with Gasteiger partial charge in [-0.15, -0.1) is 0 Å². The van der Waals surface area contributed by atoms with Gasteiger partial charge in [0.05, 0.1) is 0 Å². The summed E-state index contributed by atoms with van der Waals surface area (Å²) >= 11 is 0. The fraction of sp³-hybridized carbons (Fsp3) is 0. The smallest absolute Gasteiger partial charge is 1.00 e. The Kier molecular flexibility index (Phi) is 117. The molecule has 0 aliphatic carbocycles. The number of halogens is 1. The van der Waals surface area contributed by atoms with Crippen LogP contribution in [-0.2, 0) is 26.2 Å². The van der Waals surface area contributed by atoms with Crippen molar-refractivity contribution < 1.29 is 54.0 Å². The minimum absolute atomic E-state index is 0. The Morgan fingerprint density at radius 1 is 1.25 bits per heavy atom. The molecular weight excluding hydrogens is 254 g/mol. The Morgan fingerprint density at radius 3 is 1.25 bits per heavy atom. The molecule has 0 radical (unpaired) electrons. The normalized spacial score (nSPS) is 0. The Bertz CT molecular complexity index is 14.9. The van der Waals surface area contributed by atoms with E-state index in [1.165, 1.54) is 0 Å². The van der Waals surface area contributed by atoms with Crippen molar-refractivity contribution in [2.75, 3.05) is 0 Å². The van der Waals surface area contributed by atoms with Crippen LogP contribution in [-0.4, -0.2) is 48.9 Å². The molecule has 18 valence electrons. The predicted octanol–water partition coefficient (Wildman–Crippen LogP) is -2.89. The predicted molar refractivity (Wildman–Crippen MR) is 11.6 cm³/mol. The second kappa shape index (κ2) is 16.7. The van der Waals surface area contributed by atoms with Crippen molar-refractivity contribution in [3.05, 3.63) is 0 Å². The molecule has 0 fully saturated rings. The first-order valence-electron chi connectivity index (χ1n) is 0. The molecule has 0 aromatic rings. The summed E-state index contributed by atoms with van der Waals surface area (Å²) in [4.78, 5) is 0. The molecular formula is H4BaFLiZr. The summed E-state index contributed by atoms with van der Waals surface area (Å²) in [6.07, 6.45) is 0. The van der Waals surface area contributed by atoms with E-state index in [2.05, 4.69) is 0 Å². The van der Waals surface area contributed by atoms with Crippen molar-refractivity contribution in [3.8, 4) is 0 Å². The maximum absolute atomic E-state index is 0. The molecule has 4 heteroatoms. The van der Waals surface area contributed by atoms with Crippen LogP contribution in [0.5, 0.6) is 0 Å². The van der Waals surface area contributed by atoms with Crippen LogP contribution in [0.1, 0.15) is 4.28 Å². The molecule has 4 heavy (non-hydrogen) atoms. The fourth-order valence-corrected chi connectivity index (χ4v) is 0. The van der Waals surface area contributed by atoms with E-state index < -0.39 is 0 Å². The quantitative estimate of drug-likeness (QED) is 0.409. The largest absolute Gasteiger partial charge is 2.00 e. The van der Waals surface area contributed by atoms with E-state index in [4.69, 9.17) is 0 Å². The van der Waals surface area contributed by atoms with Gasteiger partial charge < -0.3 is 4.28 Å². The molecule has 0 rings (SSSR count). The van der Waals surface area contributed by atoms with Gasteiger partial charge in [-0.25, -0.2) is 0 Å². The molecule has 0 atom stereocenters. The molecule has 0 unspecified atom stereocenters. The van der Waals surface area contributed by atoms with Crippen molar-refractivity contribution >= 4 is 48.9 Å². The van der Waals surface area contributed by atoms with Gasteiger partial charge in [0.15, 0.2) is 0 Å². The standard InChI is InChI=1S/Ba.FH.Li.Zr.3H/h;1H;;;;;/q+2;;+1;;3*-1. The summed E-state index contributed by atoms with van der Waals surface area (Å²) in [5.41, 5.74) is 0. The van der Waals surface area contributed by atoms with Crippen LogP contribution < -0.4 is 18.9 Å². The maximum atomic E-state index is 0. The second-order valence-corrected chi connectivity index (χ2v) is 0. The molecule has 0 heterocycles.